The van der Waals surface area contributed by atoms with Crippen LogP contribution in [-0.4, -0.2) is 37.3 Å². The van der Waals surface area contributed by atoms with Crippen molar-refractivity contribution in [1.29, 1.82) is 0 Å². The van der Waals surface area contributed by atoms with Crippen molar-refractivity contribution in [3.8, 4) is 5.75 Å². The van der Waals surface area contributed by atoms with E-state index in [9.17, 15) is 18.0 Å². The number of hydrogen-bond acceptors (Lipinski definition) is 4. The van der Waals surface area contributed by atoms with Crippen molar-refractivity contribution in [2.75, 3.05) is 20.2 Å². The standard InChI is InChI=1S/C15H18F3N3O2/c1-9(14(19)22)10-4-3-5-11(13(10)23-2)12-6-7-21(20-12)8-15(16,17)18/h3-6,9,20H,7-8H2,1-2H3,(H2,19,22). The van der Waals surface area contributed by atoms with E-state index >= 15 is 0 Å². The maximum Gasteiger partial charge on any atom is 0.403 e. The van der Waals surface area contributed by atoms with Gasteiger partial charge in [0.05, 0.1) is 18.7 Å². The Labute approximate surface area is 131 Å². The molecule has 3 N–H and O–H groups in total. The summed E-state index contributed by atoms with van der Waals surface area (Å²) in [7, 11) is 1.44. The molecule has 1 aromatic carbocycles. The average Bonchev–Trinajstić information content (AvgIpc) is 2.91. The van der Waals surface area contributed by atoms with E-state index in [4.69, 9.17) is 10.5 Å². The topological polar surface area (TPSA) is 67.6 Å². The third kappa shape index (κ3) is 3.95. The maximum atomic E-state index is 12.5. The predicted molar refractivity (Wildman–Crippen MR) is 79.3 cm³/mol. The van der Waals surface area contributed by atoms with Gasteiger partial charge >= 0.3 is 6.18 Å². The molecule has 0 saturated carbocycles. The quantitative estimate of drug-likeness (QED) is 0.867. The summed E-state index contributed by atoms with van der Waals surface area (Å²) in [5, 5.41) is 1.05. The number of primary amides is 1. The van der Waals surface area contributed by atoms with E-state index < -0.39 is 24.5 Å². The molecule has 0 bridgehead atoms. The highest BCUT2D eigenvalue weighted by Crippen LogP contribution is 2.34. The number of amides is 1. The first-order chi connectivity index (χ1) is 10.7. The molecule has 0 aliphatic carbocycles. The van der Waals surface area contributed by atoms with E-state index in [0.29, 0.717) is 22.6 Å². The highest BCUT2D eigenvalue weighted by atomic mass is 19.4. The van der Waals surface area contributed by atoms with Crippen molar-refractivity contribution >= 4 is 11.6 Å². The molecule has 0 saturated heterocycles. The van der Waals surface area contributed by atoms with E-state index in [1.165, 1.54) is 7.11 Å². The molecular weight excluding hydrogens is 311 g/mol. The van der Waals surface area contributed by atoms with Gasteiger partial charge in [0.1, 0.15) is 12.3 Å². The van der Waals surface area contributed by atoms with Crippen LogP contribution in [0.2, 0.25) is 0 Å². The molecule has 126 valence electrons. The van der Waals surface area contributed by atoms with Crippen LogP contribution in [0.1, 0.15) is 24.0 Å². The first kappa shape index (κ1) is 17.1. The molecule has 2 rings (SSSR count). The lowest BCUT2D eigenvalue weighted by Crippen LogP contribution is -2.39. The Hall–Kier alpha value is -2.22. The van der Waals surface area contributed by atoms with Gasteiger partial charge in [-0.25, -0.2) is 5.01 Å². The third-order valence-corrected chi connectivity index (χ3v) is 3.60. The lowest BCUT2D eigenvalue weighted by Gasteiger charge is -2.21. The molecule has 8 heteroatoms. The molecule has 0 fully saturated rings. The summed E-state index contributed by atoms with van der Waals surface area (Å²) in [6.45, 7) is 0.705. The number of nitrogens with one attached hydrogen (secondary N) is 1. The Kier molecular flexibility index (Phi) is 4.84. The van der Waals surface area contributed by atoms with Gasteiger partial charge in [0.15, 0.2) is 0 Å². The summed E-state index contributed by atoms with van der Waals surface area (Å²) in [6.07, 6.45) is -2.65. The minimum atomic E-state index is -4.29. The first-order valence-electron chi connectivity index (χ1n) is 6.98. The number of alkyl halides is 3. The lowest BCUT2D eigenvalue weighted by atomic mass is 9.96. The Morgan fingerprint density at radius 2 is 2.17 bits per heavy atom. The van der Waals surface area contributed by atoms with Gasteiger partial charge in [-0.05, 0) is 19.1 Å². The number of hydrazine groups is 1. The summed E-state index contributed by atoms with van der Waals surface area (Å²) in [5.74, 6) is -0.655. The fourth-order valence-electron chi connectivity index (χ4n) is 2.44. The SMILES string of the molecule is COc1c(C2=CCN(CC(F)(F)F)N2)cccc1C(C)C(N)=O. The molecule has 1 aromatic rings. The highest BCUT2D eigenvalue weighted by molar-refractivity contribution is 5.84. The van der Waals surface area contributed by atoms with E-state index in [1.807, 2.05) is 0 Å². The molecule has 1 aliphatic heterocycles. The normalized spacial score (nSPS) is 16.7. The fraction of sp³-hybridized carbons (Fsp3) is 0.400. The van der Waals surface area contributed by atoms with Gasteiger partial charge in [0.2, 0.25) is 5.91 Å². The number of carbonyl (C=O) groups excluding carboxylic acids is 1. The minimum Gasteiger partial charge on any atom is -0.496 e. The van der Waals surface area contributed by atoms with Crippen molar-refractivity contribution in [1.82, 2.24) is 10.4 Å². The van der Waals surface area contributed by atoms with Crippen LogP contribution in [0.5, 0.6) is 5.75 Å². The summed E-state index contributed by atoms with van der Waals surface area (Å²) < 4.78 is 42.7. The molecule has 1 heterocycles. The first-order valence-corrected chi connectivity index (χ1v) is 6.98. The van der Waals surface area contributed by atoms with Gasteiger partial charge in [-0.2, -0.15) is 13.2 Å². The third-order valence-electron chi connectivity index (χ3n) is 3.60. The fourth-order valence-corrected chi connectivity index (χ4v) is 2.44. The number of nitrogens with two attached hydrogens (primary N) is 1. The summed E-state index contributed by atoms with van der Waals surface area (Å²) in [5.41, 5.74) is 9.72. The number of nitrogens with zero attached hydrogens (tertiary/aromatic N) is 1. The number of halogens is 3. The van der Waals surface area contributed by atoms with E-state index in [0.717, 1.165) is 5.01 Å². The number of rotatable bonds is 5. The molecule has 1 atom stereocenters. The monoisotopic (exact) mass is 329 g/mol. The molecule has 0 aromatic heterocycles. The summed E-state index contributed by atoms with van der Waals surface area (Å²) in [4.78, 5) is 11.4. The van der Waals surface area contributed by atoms with E-state index in [2.05, 4.69) is 5.43 Å². The Morgan fingerprint density at radius 1 is 1.48 bits per heavy atom. The number of ether oxygens (including phenoxy) is 1. The van der Waals surface area contributed by atoms with Crippen molar-refractivity contribution in [3.05, 3.63) is 35.4 Å². The zero-order valence-electron chi connectivity index (χ0n) is 12.8. The van der Waals surface area contributed by atoms with Crippen molar-refractivity contribution < 1.29 is 22.7 Å². The summed E-state index contributed by atoms with van der Waals surface area (Å²) in [6, 6.07) is 5.13. The van der Waals surface area contributed by atoms with Crippen LogP contribution < -0.4 is 15.9 Å². The van der Waals surface area contributed by atoms with Crippen LogP contribution in [-0.2, 0) is 4.79 Å². The van der Waals surface area contributed by atoms with Crippen LogP contribution in [0.3, 0.4) is 0 Å². The van der Waals surface area contributed by atoms with E-state index in [1.54, 1.807) is 31.2 Å². The van der Waals surface area contributed by atoms with Gasteiger partial charge in [-0.3, -0.25) is 4.79 Å². The molecule has 1 unspecified atom stereocenters. The van der Waals surface area contributed by atoms with Crippen molar-refractivity contribution in [2.45, 2.75) is 19.0 Å². The number of methoxy groups -OCH3 is 1. The lowest BCUT2D eigenvalue weighted by molar-refractivity contribution is -0.147. The summed E-state index contributed by atoms with van der Waals surface area (Å²) >= 11 is 0. The number of hydrogen-bond donors (Lipinski definition) is 2. The van der Waals surface area contributed by atoms with Crippen LogP contribution in [0.25, 0.3) is 5.70 Å². The smallest absolute Gasteiger partial charge is 0.403 e. The maximum absolute atomic E-state index is 12.5. The Morgan fingerprint density at radius 3 is 2.74 bits per heavy atom. The minimum absolute atomic E-state index is 0.119. The largest absolute Gasteiger partial charge is 0.496 e. The second kappa shape index (κ2) is 6.49. The van der Waals surface area contributed by atoms with Gasteiger partial charge in [-0.1, -0.05) is 12.1 Å². The zero-order valence-corrected chi connectivity index (χ0v) is 12.8. The van der Waals surface area contributed by atoms with Crippen LogP contribution in [0.4, 0.5) is 13.2 Å². The van der Waals surface area contributed by atoms with Gasteiger partial charge in [-0.15, -0.1) is 0 Å². The molecule has 5 nitrogen and oxygen atoms in total. The Bertz CT molecular complexity index is 629. The molecule has 23 heavy (non-hydrogen) atoms. The number of benzene rings is 1. The molecule has 0 spiro atoms. The Balaban J connectivity index is 2.27. The van der Waals surface area contributed by atoms with Crippen LogP contribution >= 0.6 is 0 Å². The molecule has 1 amide bonds. The van der Waals surface area contributed by atoms with E-state index in [-0.39, 0.29) is 6.54 Å². The average molecular weight is 329 g/mol. The van der Waals surface area contributed by atoms with Crippen LogP contribution in [0.15, 0.2) is 24.3 Å². The van der Waals surface area contributed by atoms with Crippen molar-refractivity contribution in [3.63, 3.8) is 0 Å². The van der Waals surface area contributed by atoms with Gasteiger partial charge in [0.25, 0.3) is 0 Å². The van der Waals surface area contributed by atoms with Crippen molar-refractivity contribution in [2.24, 2.45) is 5.73 Å². The zero-order chi connectivity index (χ0) is 17.2. The number of para-hydroxylation sites is 1. The second-order valence-electron chi connectivity index (χ2n) is 5.28. The predicted octanol–water partition coefficient (Wildman–Crippen LogP) is 2.01. The van der Waals surface area contributed by atoms with Gasteiger partial charge in [0, 0.05) is 17.7 Å². The van der Waals surface area contributed by atoms with Gasteiger partial charge < -0.3 is 15.9 Å². The molecular formula is C15H18F3N3O2. The highest BCUT2D eigenvalue weighted by Gasteiger charge is 2.33. The van der Waals surface area contributed by atoms with Crippen LogP contribution in [0, 0.1) is 0 Å². The second-order valence-corrected chi connectivity index (χ2v) is 5.28. The molecule has 1 aliphatic rings. The molecule has 0 radical (unpaired) electrons. The number of carbonyl (C=O) groups is 1.